The lowest BCUT2D eigenvalue weighted by Crippen LogP contribution is -2.37. The summed E-state index contributed by atoms with van der Waals surface area (Å²) >= 11 is 0. The molecule has 154 valence electrons. The molecule has 4 unspecified atom stereocenters. The van der Waals surface area contributed by atoms with Crippen LogP contribution in [0.2, 0.25) is 0 Å². The van der Waals surface area contributed by atoms with E-state index >= 15 is 4.39 Å². The van der Waals surface area contributed by atoms with E-state index in [2.05, 4.69) is 9.65 Å². The molecule has 4 aliphatic rings. The highest BCUT2D eigenvalue weighted by Crippen LogP contribution is 2.60. The number of nitrogens with one attached hydrogen (secondary N) is 1. The van der Waals surface area contributed by atoms with Crippen LogP contribution >= 0.6 is 8.53 Å². The molecule has 0 aromatic carbocycles. The summed E-state index contributed by atoms with van der Waals surface area (Å²) in [6, 6.07) is 1.89. The Balaban J connectivity index is 1.35. The van der Waals surface area contributed by atoms with Crippen molar-refractivity contribution in [3.05, 3.63) is 33.1 Å². The normalized spacial score (nSPS) is 43.7. The fourth-order valence-electron chi connectivity index (χ4n) is 5.02. The summed E-state index contributed by atoms with van der Waals surface area (Å²) in [4.78, 5) is 25.5. The summed E-state index contributed by atoms with van der Waals surface area (Å²) in [7, 11) is -1.42. The van der Waals surface area contributed by atoms with Crippen LogP contribution in [0.25, 0.3) is 0 Å². The van der Waals surface area contributed by atoms with Gasteiger partial charge in [0.05, 0.1) is 12.7 Å². The maximum Gasteiger partial charge on any atom is 0.330 e. The Morgan fingerprint density at radius 2 is 2.25 bits per heavy atom. The number of hydrogen-bond donors (Lipinski definition) is 1. The highest BCUT2D eigenvalue weighted by atomic mass is 31.2. The van der Waals surface area contributed by atoms with Gasteiger partial charge in [0.15, 0.2) is 12.4 Å². The zero-order valence-corrected chi connectivity index (χ0v) is 16.3. The molecule has 1 aromatic rings. The molecular weight excluding hydrogens is 388 g/mol. The molecular formula is C18H25FN3O5P. The first-order valence-electron chi connectivity index (χ1n) is 10.6. The molecule has 4 heterocycles. The Bertz CT molecular complexity index is 870. The van der Waals surface area contributed by atoms with Crippen molar-refractivity contribution in [1.82, 2.24) is 14.2 Å². The minimum absolute atomic E-state index is 0.196. The molecule has 1 aliphatic carbocycles. The van der Waals surface area contributed by atoms with Crippen molar-refractivity contribution in [1.29, 1.82) is 0 Å². The van der Waals surface area contributed by atoms with Crippen molar-refractivity contribution < 1.29 is 19.5 Å². The molecule has 1 aromatic heterocycles. The third-order valence-corrected chi connectivity index (χ3v) is 8.12. The number of hydrogen-bond acceptors (Lipinski definition) is 6. The number of fused-ring (bicyclic) bond motifs is 3. The van der Waals surface area contributed by atoms with Crippen molar-refractivity contribution in [3.63, 3.8) is 0 Å². The van der Waals surface area contributed by atoms with Crippen LogP contribution in [-0.4, -0.2) is 51.3 Å². The molecule has 3 aliphatic heterocycles. The molecule has 1 N–H and O–H groups in total. The molecule has 1 saturated carbocycles. The van der Waals surface area contributed by atoms with E-state index in [0.717, 1.165) is 23.5 Å². The van der Waals surface area contributed by atoms with Gasteiger partial charge in [-0.2, -0.15) is 0 Å². The lowest BCUT2D eigenvalue weighted by Gasteiger charge is -2.34. The van der Waals surface area contributed by atoms with Gasteiger partial charge < -0.3 is 13.8 Å². The molecule has 10 heteroatoms. The Labute approximate surface area is 164 Å². The lowest BCUT2D eigenvalue weighted by atomic mass is 9.85. The second kappa shape index (κ2) is 7.29. The van der Waals surface area contributed by atoms with E-state index in [4.69, 9.17) is 15.2 Å². The summed E-state index contributed by atoms with van der Waals surface area (Å²) in [5, 5.41) is 0. The molecule has 5 rings (SSSR count). The first-order chi connectivity index (χ1) is 14.1. The summed E-state index contributed by atoms with van der Waals surface area (Å²) in [6.45, 7) is 0.399. The maximum atomic E-state index is 15.3. The van der Waals surface area contributed by atoms with Gasteiger partial charge in [0.1, 0.15) is 6.10 Å². The van der Waals surface area contributed by atoms with E-state index < -0.39 is 44.4 Å². The smallest absolute Gasteiger partial charge is 0.330 e. The van der Waals surface area contributed by atoms with Crippen LogP contribution in [0.5, 0.6) is 0 Å². The van der Waals surface area contributed by atoms with Gasteiger partial charge in [0.25, 0.3) is 14.1 Å². The maximum absolute atomic E-state index is 15.3. The van der Waals surface area contributed by atoms with E-state index in [1.807, 2.05) is 0 Å². The number of ether oxygens (including phenoxy) is 1. The largest absolute Gasteiger partial charge is 0.349 e. The topological polar surface area (TPSA) is 85.8 Å². The average Bonchev–Trinajstić information content (AvgIpc) is 3.36. The van der Waals surface area contributed by atoms with Crippen LogP contribution in [0.3, 0.4) is 0 Å². The second-order valence-corrected chi connectivity index (χ2v) is 9.42. The number of halogens is 1. The Morgan fingerprint density at radius 3 is 3.07 bits per heavy atom. The standard InChI is InChI=1S/C18H25FN3O5P/c1-10-16(15(19)17(26-10)21-7-6-14(23)20-18(21)24)27-28-22-12(9-25-28)8-11-4-2-3-5-13(11)22/h6-7,10-13,15-17H,2-5,8-9H2,1H3,(H,20,23,24)/t10?,11-,12-,13-,15?,16?,17?,28-/m0/s1/i1D. The molecule has 0 radical (unpaired) electrons. The molecule has 8 atom stereocenters. The quantitative estimate of drug-likeness (QED) is 0.763. The van der Waals surface area contributed by atoms with Crippen LogP contribution in [-0.2, 0) is 13.8 Å². The van der Waals surface area contributed by atoms with Gasteiger partial charge in [-0.1, -0.05) is 12.8 Å². The van der Waals surface area contributed by atoms with Crippen molar-refractivity contribution in [2.45, 2.75) is 75.7 Å². The fourth-order valence-corrected chi connectivity index (χ4v) is 7.05. The molecule has 0 amide bonds. The minimum Gasteiger partial charge on any atom is -0.349 e. The number of aromatic amines is 1. The highest BCUT2D eigenvalue weighted by molar-refractivity contribution is 7.45. The monoisotopic (exact) mass is 414 g/mol. The van der Waals surface area contributed by atoms with Gasteiger partial charge >= 0.3 is 5.69 Å². The van der Waals surface area contributed by atoms with Crippen molar-refractivity contribution in [3.8, 4) is 0 Å². The zero-order chi connectivity index (χ0) is 20.1. The number of rotatable bonds is 3. The van der Waals surface area contributed by atoms with Crippen molar-refractivity contribution in [2.75, 3.05) is 6.61 Å². The minimum atomic E-state index is -1.65. The second-order valence-electron chi connectivity index (χ2n) is 8.01. The molecule has 3 saturated heterocycles. The van der Waals surface area contributed by atoms with E-state index in [0.29, 0.717) is 24.6 Å². The van der Waals surface area contributed by atoms with Gasteiger partial charge in [-0.3, -0.25) is 14.3 Å². The first-order valence-corrected chi connectivity index (χ1v) is 11.0. The summed E-state index contributed by atoms with van der Waals surface area (Å²) in [5.41, 5.74) is -1.31. The van der Waals surface area contributed by atoms with Crippen LogP contribution in [0, 0.1) is 5.92 Å². The SMILES string of the molecule is [2H]CC1OC(n2ccc(=O)[nH]c2=O)C(F)C1O[P@]1OC[C@@H]2C[C@@H]3CCCC[C@@H]3N21. The fraction of sp³-hybridized carbons (Fsp3) is 0.778. The average molecular weight is 414 g/mol. The zero-order valence-electron chi connectivity index (χ0n) is 16.4. The van der Waals surface area contributed by atoms with Gasteiger partial charge in [-0.05, 0) is 32.1 Å². The first kappa shape index (κ1) is 17.7. The van der Waals surface area contributed by atoms with Crippen LogP contribution in [0.1, 0.15) is 46.6 Å². The predicted octanol–water partition coefficient (Wildman–Crippen LogP) is 2.07. The molecule has 28 heavy (non-hydrogen) atoms. The number of nitrogens with zero attached hydrogens (tertiary/aromatic N) is 2. The van der Waals surface area contributed by atoms with Gasteiger partial charge in [-0.15, -0.1) is 0 Å². The molecule has 0 bridgehead atoms. The number of H-pyrrole nitrogens is 1. The summed E-state index contributed by atoms with van der Waals surface area (Å²) in [6.07, 6.45) is 2.41. The van der Waals surface area contributed by atoms with Crippen LogP contribution in [0.15, 0.2) is 21.9 Å². The van der Waals surface area contributed by atoms with Gasteiger partial charge in [0.2, 0.25) is 0 Å². The van der Waals surface area contributed by atoms with E-state index in [-0.39, 0.29) is 6.90 Å². The van der Waals surface area contributed by atoms with Crippen LogP contribution < -0.4 is 11.2 Å². The Kier molecular flexibility index (Phi) is 4.61. The van der Waals surface area contributed by atoms with Crippen molar-refractivity contribution in [2.24, 2.45) is 5.92 Å². The lowest BCUT2D eigenvalue weighted by molar-refractivity contribution is -0.0177. The summed E-state index contributed by atoms with van der Waals surface area (Å²) < 4.78 is 44.1. The van der Waals surface area contributed by atoms with Crippen molar-refractivity contribution >= 4 is 8.53 Å². The molecule has 0 spiro atoms. The Hall–Kier alpha value is -1.12. The van der Waals surface area contributed by atoms with Gasteiger partial charge in [-0.25, -0.2) is 13.9 Å². The third kappa shape index (κ3) is 3.08. The number of alkyl halides is 1. The predicted molar refractivity (Wildman–Crippen MR) is 99.5 cm³/mol. The summed E-state index contributed by atoms with van der Waals surface area (Å²) in [5.74, 6) is 0.659. The van der Waals surface area contributed by atoms with E-state index in [9.17, 15) is 9.59 Å². The van der Waals surface area contributed by atoms with Gasteiger partial charge in [0, 0.05) is 25.7 Å². The molecule has 8 nitrogen and oxygen atoms in total. The number of aromatic nitrogens is 2. The van der Waals surface area contributed by atoms with Crippen LogP contribution in [0.4, 0.5) is 4.39 Å². The molecule has 4 fully saturated rings. The van der Waals surface area contributed by atoms with E-state index in [1.165, 1.54) is 25.5 Å². The highest BCUT2D eigenvalue weighted by Gasteiger charge is 2.54. The Morgan fingerprint density at radius 1 is 1.39 bits per heavy atom. The third-order valence-electron chi connectivity index (χ3n) is 6.33. The van der Waals surface area contributed by atoms with E-state index in [1.54, 1.807) is 0 Å².